The molecule has 0 saturated heterocycles. The molecular formula is C22H23N3O2. The molecule has 2 N–H and O–H groups in total. The van der Waals surface area contributed by atoms with Gasteiger partial charge in [-0.2, -0.15) is 0 Å². The van der Waals surface area contributed by atoms with Gasteiger partial charge in [-0.05, 0) is 41.8 Å². The topological polar surface area (TPSA) is 63.2 Å². The number of amides is 1. The largest absolute Gasteiger partial charge is 0.497 e. The standard InChI is InChI=1S/C22H23N3O2/c1-27-20-10-7-17(8-11-20)13-14-23-22(26)21-12-9-19(16-25-21)24-15-18-5-3-2-4-6-18/h2-12,16,24H,13-15H2,1H3,(H,23,26). The molecule has 0 atom stereocenters. The minimum Gasteiger partial charge on any atom is -0.497 e. The van der Waals surface area contributed by atoms with Crippen LogP contribution in [-0.4, -0.2) is 24.5 Å². The lowest BCUT2D eigenvalue weighted by molar-refractivity contribution is 0.0949. The predicted octanol–water partition coefficient (Wildman–Crippen LogP) is 3.67. The summed E-state index contributed by atoms with van der Waals surface area (Å²) in [5, 5.41) is 6.20. The number of hydrogen-bond donors (Lipinski definition) is 2. The van der Waals surface area contributed by atoms with Gasteiger partial charge in [-0.1, -0.05) is 42.5 Å². The molecule has 138 valence electrons. The zero-order valence-electron chi connectivity index (χ0n) is 15.3. The Morgan fingerprint density at radius 2 is 1.74 bits per heavy atom. The third-order valence-corrected chi connectivity index (χ3v) is 4.19. The third kappa shape index (κ3) is 5.57. The van der Waals surface area contributed by atoms with Crippen LogP contribution >= 0.6 is 0 Å². The molecule has 27 heavy (non-hydrogen) atoms. The summed E-state index contributed by atoms with van der Waals surface area (Å²) >= 11 is 0. The number of aromatic nitrogens is 1. The van der Waals surface area contributed by atoms with Crippen molar-refractivity contribution in [2.24, 2.45) is 0 Å². The van der Waals surface area contributed by atoms with Crippen LogP contribution in [-0.2, 0) is 13.0 Å². The van der Waals surface area contributed by atoms with Crippen LogP contribution in [0.4, 0.5) is 5.69 Å². The van der Waals surface area contributed by atoms with E-state index in [2.05, 4.69) is 27.8 Å². The number of ether oxygens (including phenoxy) is 1. The van der Waals surface area contributed by atoms with Crippen LogP contribution < -0.4 is 15.4 Å². The van der Waals surface area contributed by atoms with Gasteiger partial charge in [0.2, 0.25) is 0 Å². The summed E-state index contributed by atoms with van der Waals surface area (Å²) in [4.78, 5) is 16.5. The van der Waals surface area contributed by atoms with E-state index in [0.717, 1.165) is 30.0 Å². The Kier molecular flexibility index (Phi) is 6.41. The quantitative estimate of drug-likeness (QED) is 0.642. The second-order valence-electron chi connectivity index (χ2n) is 6.13. The van der Waals surface area contributed by atoms with Crippen LogP contribution in [0.25, 0.3) is 0 Å². The Labute approximate surface area is 159 Å². The second-order valence-corrected chi connectivity index (χ2v) is 6.13. The van der Waals surface area contributed by atoms with Gasteiger partial charge in [-0.15, -0.1) is 0 Å². The van der Waals surface area contributed by atoms with Crippen molar-refractivity contribution >= 4 is 11.6 Å². The molecule has 0 spiro atoms. The number of methoxy groups -OCH3 is 1. The van der Waals surface area contributed by atoms with Crippen LogP contribution in [0.5, 0.6) is 5.75 Å². The van der Waals surface area contributed by atoms with E-state index in [0.29, 0.717) is 12.2 Å². The molecule has 2 aromatic carbocycles. The van der Waals surface area contributed by atoms with E-state index in [1.165, 1.54) is 5.56 Å². The lowest BCUT2D eigenvalue weighted by Crippen LogP contribution is -2.26. The minimum absolute atomic E-state index is 0.168. The maximum Gasteiger partial charge on any atom is 0.269 e. The summed E-state index contributed by atoms with van der Waals surface area (Å²) in [5.74, 6) is 0.658. The Hall–Kier alpha value is -3.34. The summed E-state index contributed by atoms with van der Waals surface area (Å²) < 4.78 is 5.14. The monoisotopic (exact) mass is 361 g/mol. The zero-order chi connectivity index (χ0) is 18.9. The molecule has 0 saturated carbocycles. The summed E-state index contributed by atoms with van der Waals surface area (Å²) in [7, 11) is 1.64. The number of nitrogens with one attached hydrogen (secondary N) is 2. The van der Waals surface area contributed by atoms with E-state index in [9.17, 15) is 4.79 Å². The van der Waals surface area contributed by atoms with Crippen molar-refractivity contribution < 1.29 is 9.53 Å². The highest BCUT2D eigenvalue weighted by Gasteiger charge is 2.06. The molecule has 0 radical (unpaired) electrons. The molecule has 0 aliphatic heterocycles. The number of pyridine rings is 1. The minimum atomic E-state index is -0.168. The first-order valence-corrected chi connectivity index (χ1v) is 8.89. The molecule has 5 nitrogen and oxygen atoms in total. The number of hydrogen-bond acceptors (Lipinski definition) is 4. The molecule has 0 aliphatic carbocycles. The van der Waals surface area contributed by atoms with Gasteiger partial charge in [0.15, 0.2) is 0 Å². The summed E-state index contributed by atoms with van der Waals surface area (Å²) in [6.07, 6.45) is 2.44. The van der Waals surface area contributed by atoms with E-state index < -0.39 is 0 Å². The smallest absolute Gasteiger partial charge is 0.269 e. The Balaban J connectivity index is 1.45. The molecule has 0 bridgehead atoms. The number of nitrogens with zero attached hydrogens (tertiary/aromatic N) is 1. The van der Waals surface area contributed by atoms with E-state index in [1.807, 2.05) is 48.5 Å². The number of carbonyl (C=O) groups is 1. The van der Waals surface area contributed by atoms with Crippen molar-refractivity contribution in [3.8, 4) is 5.75 Å². The van der Waals surface area contributed by atoms with E-state index in [4.69, 9.17) is 4.74 Å². The fourth-order valence-electron chi connectivity index (χ4n) is 2.64. The third-order valence-electron chi connectivity index (χ3n) is 4.19. The zero-order valence-corrected chi connectivity index (χ0v) is 15.3. The number of rotatable bonds is 8. The van der Waals surface area contributed by atoms with Crippen LogP contribution in [0, 0.1) is 0 Å². The molecule has 3 rings (SSSR count). The molecule has 1 amide bonds. The van der Waals surface area contributed by atoms with Gasteiger partial charge < -0.3 is 15.4 Å². The van der Waals surface area contributed by atoms with Gasteiger partial charge in [0, 0.05) is 13.1 Å². The van der Waals surface area contributed by atoms with Gasteiger partial charge in [0.05, 0.1) is 19.0 Å². The molecule has 0 fully saturated rings. The van der Waals surface area contributed by atoms with Crippen LogP contribution in [0.15, 0.2) is 72.9 Å². The summed E-state index contributed by atoms with van der Waals surface area (Å²) in [6, 6.07) is 21.6. The van der Waals surface area contributed by atoms with Crippen molar-refractivity contribution in [3.05, 3.63) is 89.7 Å². The first-order valence-electron chi connectivity index (χ1n) is 8.89. The average molecular weight is 361 g/mol. The van der Waals surface area contributed by atoms with Crippen molar-refractivity contribution in [1.29, 1.82) is 0 Å². The number of carbonyl (C=O) groups excluding carboxylic acids is 1. The van der Waals surface area contributed by atoms with Crippen molar-refractivity contribution in [2.75, 3.05) is 19.0 Å². The van der Waals surface area contributed by atoms with E-state index >= 15 is 0 Å². The van der Waals surface area contributed by atoms with Crippen LogP contribution in [0.3, 0.4) is 0 Å². The lowest BCUT2D eigenvalue weighted by atomic mass is 10.1. The molecule has 1 heterocycles. The molecule has 5 heteroatoms. The maximum absolute atomic E-state index is 12.2. The Bertz CT molecular complexity index is 847. The van der Waals surface area contributed by atoms with Gasteiger partial charge in [-0.3, -0.25) is 4.79 Å². The Morgan fingerprint density at radius 1 is 0.963 bits per heavy atom. The van der Waals surface area contributed by atoms with Gasteiger partial charge in [0.1, 0.15) is 11.4 Å². The number of benzene rings is 2. The summed E-state index contributed by atoms with van der Waals surface area (Å²) in [6.45, 7) is 1.27. The second kappa shape index (κ2) is 9.38. The first kappa shape index (κ1) is 18.5. The highest BCUT2D eigenvalue weighted by molar-refractivity contribution is 5.92. The van der Waals surface area contributed by atoms with Crippen molar-refractivity contribution in [3.63, 3.8) is 0 Å². The summed E-state index contributed by atoms with van der Waals surface area (Å²) in [5.41, 5.74) is 3.63. The molecule has 1 aromatic heterocycles. The van der Waals surface area contributed by atoms with Crippen LogP contribution in [0.2, 0.25) is 0 Å². The van der Waals surface area contributed by atoms with Crippen LogP contribution in [0.1, 0.15) is 21.6 Å². The molecule has 0 aliphatic rings. The number of anilines is 1. The molecular weight excluding hydrogens is 338 g/mol. The normalized spacial score (nSPS) is 10.3. The maximum atomic E-state index is 12.2. The fraction of sp³-hybridized carbons (Fsp3) is 0.182. The molecule has 3 aromatic rings. The fourth-order valence-corrected chi connectivity index (χ4v) is 2.64. The van der Waals surface area contributed by atoms with Gasteiger partial charge in [-0.25, -0.2) is 4.98 Å². The SMILES string of the molecule is COc1ccc(CCNC(=O)c2ccc(NCc3ccccc3)cn2)cc1. The highest BCUT2D eigenvalue weighted by Crippen LogP contribution is 2.12. The highest BCUT2D eigenvalue weighted by atomic mass is 16.5. The van der Waals surface area contributed by atoms with E-state index in [-0.39, 0.29) is 5.91 Å². The Morgan fingerprint density at radius 3 is 2.41 bits per heavy atom. The van der Waals surface area contributed by atoms with Crippen molar-refractivity contribution in [2.45, 2.75) is 13.0 Å². The lowest BCUT2D eigenvalue weighted by Gasteiger charge is -2.08. The predicted molar refractivity (Wildman–Crippen MR) is 107 cm³/mol. The molecule has 0 unspecified atom stereocenters. The van der Waals surface area contributed by atoms with E-state index in [1.54, 1.807) is 19.4 Å². The van der Waals surface area contributed by atoms with Crippen molar-refractivity contribution in [1.82, 2.24) is 10.3 Å². The van der Waals surface area contributed by atoms with Gasteiger partial charge in [0.25, 0.3) is 5.91 Å². The first-order chi connectivity index (χ1) is 13.2. The van der Waals surface area contributed by atoms with Gasteiger partial charge >= 0.3 is 0 Å². The average Bonchev–Trinajstić information content (AvgIpc) is 2.74.